The van der Waals surface area contributed by atoms with Gasteiger partial charge in [0.25, 0.3) is 0 Å². The van der Waals surface area contributed by atoms with Crippen LogP contribution in [-0.4, -0.2) is 37.6 Å². The van der Waals surface area contributed by atoms with E-state index in [0.717, 1.165) is 0 Å². The van der Waals surface area contributed by atoms with Gasteiger partial charge in [-0.25, -0.2) is 0 Å². The Hall–Kier alpha value is -0.0800. The molecule has 0 aliphatic carbocycles. The molecule has 1 aliphatic heterocycles. The number of piperidine rings is 1. The summed E-state index contributed by atoms with van der Waals surface area (Å²) in [5.74, 6) is 0. The Morgan fingerprint density at radius 2 is 2.15 bits per heavy atom. The monoisotopic (exact) mass is 184 g/mol. The third kappa shape index (κ3) is 2.68. The zero-order valence-corrected chi connectivity index (χ0v) is 9.56. The van der Waals surface area contributed by atoms with E-state index >= 15 is 0 Å². The molecule has 0 saturated carbocycles. The lowest BCUT2D eigenvalue weighted by atomic mass is 9.79. The van der Waals surface area contributed by atoms with Crippen molar-refractivity contribution >= 4 is 0 Å². The first-order valence-corrected chi connectivity index (χ1v) is 5.49. The van der Waals surface area contributed by atoms with E-state index < -0.39 is 0 Å². The van der Waals surface area contributed by atoms with E-state index in [1.165, 1.54) is 32.5 Å². The molecule has 1 rings (SSSR count). The van der Waals surface area contributed by atoms with Gasteiger partial charge in [0.15, 0.2) is 0 Å². The van der Waals surface area contributed by atoms with Crippen LogP contribution in [0.5, 0.6) is 0 Å². The van der Waals surface area contributed by atoms with Gasteiger partial charge in [0.05, 0.1) is 0 Å². The Morgan fingerprint density at radius 1 is 1.46 bits per heavy atom. The quantitative estimate of drug-likeness (QED) is 0.718. The van der Waals surface area contributed by atoms with Crippen LogP contribution < -0.4 is 5.32 Å². The topological polar surface area (TPSA) is 15.3 Å². The number of hydrogen-bond donors (Lipinski definition) is 1. The summed E-state index contributed by atoms with van der Waals surface area (Å²) in [5, 5.41) is 3.43. The lowest BCUT2D eigenvalue weighted by molar-refractivity contribution is 0.0818. The first-order valence-electron chi connectivity index (χ1n) is 5.49. The van der Waals surface area contributed by atoms with E-state index in [1.54, 1.807) is 0 Å². The van der Waals surface area contributed by atoms with Crippen molar-refractivity contribution in [3.63, 3.8) is 0 Å². The molecule has 2 heteroatoms. The summed E-state index contributed by atoms with van der Waals surface area (Å²) in [4.78, 5) is 2.59. The lowest BCUT2D eigenvalue weighted by Crippen LogP contribution is -2.53. The highest BCUT2D eigenvalue weighted by molar-refractivity contribution is 4.90. The summed E-state index contributed by atoms with van der Waals surface area (Å²) in [6.07, 6.45) is 2.57. The van der Waals surface area contributed by atoms with Crippen LogP contribution in [-0.2, 0) is 0 Å². The molecule has 0 amide bonds. The number of rotatable bonds is 3. The third-order valence-corrected chi connectivity index (χ3v) is 3.20. The molecule has 1 atom stereocenters. The van der Waals surface area contributed by atoms with E-state index in [0.29, 0.717) is 11.5 Å². The Balaban J connectivity index is 2.48. The smallest absolute Gasteiger partial charge is 0.0140 e. The number of hydrogen-bond acceptors (Lipinski definition) is 2. The van der Waals surface area contributed by atoms with Gasteiger partial charge < -0.3 is 10.2 Å². The van der Waals surface area contributed by atoms with Gasteiger partial charge in [-0.3, -0.25) is 0 Å². The molecular weight excluding hydrogens is 160 g/mol. The molecule has 1 saturated heterocycles. The van der Waals surface area contributed by atoms with Crippen molar-refractivity contribution in [2.75, 3.05) is 26.7 Å². The molecule has 13 heavy (non-hydrogen) atoms. The Bertz CT molecular complexity index is 154. The molecule has 1 N–H and O–H groups in total. The molecule has 1 heterocycles. The third-order valence-electron chi connectivity index (χ3n) is 3.20. The molecule has 0 aromatic rings. The number of nitrogens with zero attached hydrogens (tertiary/aromatic N) is 1. The van der Waals surface area contributed by atoms with Crippen LogP contribution in [0.15, 0.2) is 0 Å². The molecule has 0 radical (unpaired) electrons. The standard InChI is InChI=1S/C11H24N2/c1-5-7-13-8-6-10(12-4)11(2,3)9-13/h10,12H,5-9H2,1-4H3. The highest BCUT2D eigenvalue weighted by Gasteiger charge is 2.34. The average Bonchev–Trinajstić information content (AvgIpc) is 2.03. The van der Waals surface area contributed by atoms with E-state index in [2.05, 4.69) is 38.0 Å². The second-order valence-electron chi connectivity index (χ2n) is 4.89. The van der Waals surface area contributed by atoms with E-state index in [9.17, 15) is 0 Å². The summed E-state index contributed by atoms with van der Waals surface area (Å²) in [5.41, 5.74) is 0.433. The van der Waals surface area contributed by atoms with Gasteiger partial charge in [-0.2, -0.15) is 0 Å². The molecule has 1 aliphatic rings. The first-order chi connectivity index (χ1) is 6.10. The molecular formula is C11H24N2. The largest absolute Gasteiger partial charge is 0.316 e. The Morgan fingerprint density at radius 3 is 2.62 bits per heavy atom. The van der Waals surface area contributed by atoms with Crippen LogP contribution in [0.25, 0.3) is 0 Å². The van der Waals surface area contributed by atoms with Gasteiger partial charge in [-0.1, -0.05) is 20.8 Å². The van der Waals surface area contributed by atoms with Crippen LogP contribution in [0, 0.1) is 5.41 Å². The molecule has 78 valence electrons. The lowest BCUT2D eigenvalue weighted by Gasteiger charge is -2.44. The minimum Gasteiger partial charge on any atom is -0.316 e. The summed E-state index contributed by atoms with van der Waals surface area (Å²) < 4.78 is 0. The maximum absolute atomic E-state index is 3.43. The second kappa shape index (κ2) is 4.43. The zero-order valence-electron chi connectivity index (χ0n) is 9.56. The maximum Gasteiger partial charge on any atom is 0.0140 e. The molecule has 1 fully saturated rings. The van der Waals surface area contributed by atoms with E-state index in [-0.39, 0.29) is 0 Å². The first kappa shape index (κ1) is 11.0. The SMILES string of the molecule is CCCN1CCC(NC)C(C)(C)C1. The molecule has 0 aromatic heterocycles. The van der Waals surface area contributed by atoms with Crippen molar-refractivity contribution in [3.05, 3.63) is 0 Å². The van der Waals surface area contributed by atoms with Crippen molar-refractivity contribution in [1.29, 1.82) is 0 Å². The summed E-state index contributed by atoms with van der Waals surface area (Å²) in [6, 6.07) is 0.695. The van der Waals surface area contributed by atoms with Crippen LogP contribution in [0.4, 0.5) is 0 Å². The summed E-state index contributed by atoms with van der Waals surface area (Å²) in [6.45, 7) is 10.8. The number of nitrogens with one attached hydrogen (secondary N) is 1. The second-order valence-corrected chi connectivity index (χ2v) is 4.89. The Kier molecular flexibility index (Phi) is 3.74. The summed E-state index contributed by atoms with van der Waals surface area (Å²) in [7, 11) is 2.09. The predicted molar refractivity (Wildman–Crippen MR) is 58.0 cm³/mol. The Labute approximate surface area is 82.7 Å². The van der Waals surface area contributed by atoms with Crippen molar-refractivity contribution < 1.29 is 0 Å². The minimum absolute atomic E-state index is 0.433. The highest BCUT2D eigenvalue weighted by atomic mass is 15.2. The van der Waals surface area contributed by atoms with Gasteiger partial charge in [-0.05, 0) is 38.4 Å². The molecule has 1 unspecified atom stereocenters. The van der Waals surface area contributed by atoms with Crippen molar-refractivity contribution in [3.8, 4) is 0 Å². The van der Waals surface area contributed by atoms with Crippen molar-refractivity contribution in [2.24, 2.45) is 5.41 Å². The van der Waals surface area contributed by atoms with E-state index in [4.69, 9.17) is 0 Å². The molecule has 0 spiro atoms. The van der Waals surface area contributed by atoms with E-state index in [1.807, 2.05) is 0 Å². The van der Waals surface area contributed by atoms with Crippen LogP contribution in [0.2, 0.25) is 0 Å². The van der Waals surface area contributed by atoms with Gasteiger partial charge in [0.1, 0.15) is 0 Å². The van der Waals surface area contributed by atoms with Crippen molar-refractivity contribution in [1.82, 2.24) is 10.2 Å². The predicted octanol–water partition coefficient (Wildman–Crippen LogP) is 1.72. The van der Waals surface area contributed by atoms with Gasteiger partial charge in [0, 0.05) is 12.6 Å². The molecule has 2 nitrogen and oxygen atoms in total. The average molecular weight is 184 g/mol. The summed E-state index contributed by atoms with van der Waals surface area (Å²) >= 11 is 0. The minimum atomic E-state index is 0.433. The highest BCUT2D eigenvalue weighted by Crippen LogP contribution is 2.28. The normalized spacial score (nSPS) is 29.1. The van der Waals surface area contributed by atoms with Crippen molar-refractivity contribution in [2.45, 2.75) is 39.7 Å². The van der Waals surface area contributed by atoms with Crippen LogP contribution in [0.1, 0.15) is 33.6 Å². The fraction of sp³-hybridized carbons (Fsp3) is 1.00. The zero-order chi connectivity index (χ0) is 9.90. The van der Waals surface area contributed by atoms with Gasteiger partial charge in [0.2, 0.25) is 0 Å². The van der Waals surface area contributed by atoms with Gasteiger partial charge >= 0.3 is 0 Å². The number of likely N-dealkylation sites (tertiary alicyclic amines) is 1. The fourth-order valence-electron chi connectivity index (χ4n) is 2.51. The fourth-order valence-corrected chi connectivity index (χ4v) is 2.51. The van der Waals surface area contributed by atoms with Crippen LogP contribution in [0.3, 0.4) is 0 Å². The molecule has 0 aromatic carbocycles. The molecule has 0 bridgehead atoms. The van der Waals surface area contributed by atoms with Gasteiger partial charge in [-0.15, -0.1) is 0 Å². The maximum atomic E-state index is 3.43. The van der Waals surface area contributed by atoms with Crippen LogP contribution >= 0.6 is 0 Å².